The molecule has 0 spiro atoms. The van der Waals surface area contributed by atoms with E-state index >= 15 is 0 Å². The van der Waals surface area contributed by atoms with E-state index in [-0.39, 0.29) is 53.5 Å². The SMILES string of the molecule is CCCO[C@H](C[C@H](C(C)C)N(CCC)C(=O)[C@@H](NC(=O)[C@H](NC)[C@@H](C)CC)[C@@H](C)CC)c1nc(C(=O)NC2Cc3ccc(O)cc3[C@H](C(=O)O)C2)cs1. The van der Waals surface area contributed by atoms with Gasteiger partial charge in [0, 0.05) is 37.0 Å². The van der Waals surface area contributed by atoms with E-state index in [1.807, 2.05) is 46.4 Å². The van der Waals surface area contributed by atoms with E-state index in [0.29, 0.717) is 36.6 Å². The van der Waals surface area contributed by atoms with Crippen LogP contribution in [0, 0.1) is 17.8 Å². The van der Waals surface area contributed by atoms with E-state index in [1.165, 1.54) is 23.5 Å². The van der Waals surface area contributed by atoms with Crippen LogP contribution in [0.25, 0.3) is 0 Å². The first-order valence-electron chi connectivity index (χ1n) is 19.4. The van der Waals surface area contributed by atoms with Crippen LogP contribution >= 0.6 is 11.3 Å². The minimum Gasteiger partial charge on any atom is -0.508 e. The molecule has 1 aromatic heterocycles. The number of rotatable bonds is 21. The number of nitrogens with zero attached hydrogens (tertiary/aromatic N) is 2. The number of benzene rings is 1. The molecule has 13 heteroatoms. The first-order valence-corrected chi connectivity index (χ1v) is 20.3. The number of amides is 3. The zero-order chi connectivity index (χ0) is 39.4. The maximum absolute atomic E-state index is 14.6. The predicted octanol–water partition coefficient (Wildman–Crippen LogP) is 6.05. The second-order valence-corrected chi connectivity index (χ2v) is 15.8. The normalized spacial score (nSPS) is 19.0. The third-order valence-electron chi connectivity index (χ3n) is 10.6. The molecule has 1 heterocycles. The lowest BCUT2D eigenvalue weighted by atomic mass is 9.80. The second-order valence-electron chi connectivity index (χ2n) is 14.9. The maximum Gasteiger partial charge on any atom is 0.311 e. The molecule has 12 nitrogen and oxygen atoms in total. The summed E-state index contributed by atoms with van der Waals surface area (Å²) in [5.41, 5.74) is 1.56. The number of nitrogens with one attached hydrogen (secondary N) is 3. The van der Waals surface area contributed by atoms with Crippen LogP contribution < -0.4 is 16.0 Å². The lowest BCUT2D eigenvalue weighted by molar-refractivity contribution is -0.142. The van der Waals surface area contributed by atoms with Crippen molar-refractivity contribution < 1.29 is 34.1 Å². The topological polar surface area (TPSA) is 170 Å². The average molecular weight is 758 g/mol. The lowest BCUT2D eigenvalue weighted by Crippen LogP contribution is -2.59. The van der Waals surface area contributed by atoms with Gasteiger partial charge in [0.2, 0.25) is 11.8 Å². The van der Waals surface area contributed by atoms with Gasteiger partial charge in [-0.2, -0.15) is 0 Å². The summed E-state index contributed by atoms with van der Waals surface area (Å²) in [7, 11) is 1.77. The summed E-state index contributed by atoms with van der Waals surface area (Å²) in [5, 5.41) is 31.4. The fourth-order valence-electron chi connectivity index (χ4n) is 7.17. The molecule has 3 rings (SSSR count). The highest BCUT2D eigenvalue weighted by Crippen LogP contribution is 2.35. The molecule has 5 N–H and O–H groups in total. The van der Waals surface area contributed by atoms with Crippen LogP contribution in [0.1, 0.15) is 133 Å². The highest BCUT2D eigenvalue weighted by Gasteiger charge is 2.38. The van der Waals surface area contributed by atoms with Crippen molar-refractivity contribution in [3.8, 4) is 5.75 Å². The van der Waals surface area contributed by atoms with Crippen LogP contribution in [-0.2, 0) is 25.5 Å². The van der Waals surface area contributed by atoms with Crippen LogP contribution in [0.3, 0.4) is 0 Å². The van der Waals surface area contributed by atoms with E-state index in [9.17, 15) is 29.4 Å². The number of carbonyl (C=O) groups is 4. The molecule has 296 valence electrons. The third-order valence-corrected chi connectivity index (χ3v) is 11.6. The van der Waals surface area contributed by atoms with Crippen LogP contribution in [0.4, 0.5) is 0 Å². The van der Waals surface area contributed by atoms with Crippen molar-refractivity contribution >= 4 is 35.0 Å². The Labute approximate surface area is 319 Å². The van der Waals surface area contributed by atoms with E-state index in [1.54, 1.807) is 18.5 Å². The first kappa shape index (κ1) is 43.9. The van der Waals surface area contributed by atoms with E-state index in [0.717, 1.165) is 31.2 Å². The summed E-state index contributed by atoms with van der Waals surface area (Å²) in [6.07, 6.45) is 3.66. The average Bonchev–Trinajstić information content (AvgIpc) is 3.63. The molecule has 1 aromatic carbocycles. The Bertz CT molecular complexity index is 1520. The summed E-state index contributed by atoms with van der Waals surface area (Å²) < 4.78 is 6.39. The number of aromatic hydroxyl groups is 1. The van der Waals surface area contributed by atoms with Gasteiger partial charge in [0.1, 0.15) is 28.6 Å². The Morgan fingerprint density at radius 3 is 2.28 bits per heavy atom. The van der Waals surface area contributed by atoms with Gasteiger partial charge in [-0.1, -0.05) is 74.3 Å². The Balaban J connectivity index is 1.86. The molecular weight excluding hydrogens is 695 g/mol. The van der Waals surface area contributed by atoms with Crippen LogP contribution in [0.5, 0.6) is 5.75 Å². The summed E-state index contributed by atoms with van der Waals surface area (Å²) in [6, 6.07) is 2.95. The number of aromatic nitrogens is 1. The smallest absolute Gasteiger partial charge is 0.311 e. The zero-order valence-corrected chi connectivity index (χ0v) is 33.9. The molecule has 3 amide bonds. The van der Waals surface area contributed by atoms with Gasteiger partial charge in [-0.15, -0.1) is 11.3 Å². The van der Waals surface area contributed by atoms with Gasteiger partial charge in [-0.3, -0.25) is 19.2 Å². The number of phenols is 1. The minimum absolute atomic E-state index is 0.0102. The molecule has 0 radical (unpaired) electrons. The molecule has 53 heavy (non-hydrogen) atoms. The summed E-state index contributed by atoms with van der Waals surface area (Å²) >= 11 is 1.33. The number of hydrogen-bond acceptors (Lipinski definition) is 9. The van der Waals surface area contributed by atoms with Crippen molar-refractivity contribution in [3.05, 3.63) is 45.4 Å². The van der Waals surface area contributed by atoms with Crippen molar-refractivity contribution in [2.24, 2.45) is 17.8 Å². The molecule has 2 aromatic rings. The molecule has 1 unspecified atom stereocenters. The second kappa shape index (κ2) is 20.8. The monoisotopic (exact) mass is 757 g/mol. The van der Waals surface area contributed by atoms with Crippen molar-refractivity contribution in [1.29, 1.82) is 0 Å². The van der Waals surface area contributed by atoms with Gasteiger partial charge in [0.15, 0.2) is 0 Å². The molecular formula is C40H63N5O7S. The van der Waals surface area contributed by atoms with Gasteiger partial charge >= 0.3 is 5.97 Å². The van der Waals surface area contributed by atoms with Gasteiger partial charge in [0.25, 0.3) is 5.91 Å². The quantitative estimate of drug-likeness (QED) is 0.102. The summed E-state index contributed by atoms with van der Waals surface area (Å²) in [5.74, 6) is -2.47. The van der Waals surface area contributed by atoms with Gasteiger partial charge in [-0.05, 0) is 73.7 Å². The van der Waals surface area contributed by atoms with Crippen LogP contribution in [-0.4, -0.2) is 88.2 Å². The number of carboxylic acid groups (broad SMARTS) is 1. The number of phenolic OH excluding ortho intramolecular Hbond substituents is 1. The highest BCUT2D eigenvalue weighted by atomic mass is 32.1. The summed E-state index contributed by atoms with van der Waals surface area (Å²) in [4.78, 5) is 60.4. The largest absolute Gasteiger partial charge is 0.508 e. The Kier molecular flexibility index (Phi) is 17.2. The molecule has 0 fully saturated rings. The Hall–Kier alpha value is -3.55. The van der Waals surface area contributed by atoms with Crippen molar-refractivity contribution in [2.75, 3.05) is 20.2 Å². The van der Waals surface area contributed by atoms with E-state index < -0.39 is 42.0 Å². The van der Waals surface area contributed by atoms with Crippen LogP contribution in [0.2, 0.25) is 0 Å². The number of ether oxygens (including phenoxy) is 1. The first-order chi connectivity index (χ1) is 25.2. The molecule has 0 aliphatic heterocycles. The van der Waals surface area contributed by atoms with Gasteiger partial charge in [-0.25, -0.2) is 4.98 Å². The van der Waals surface area contributed by atoms with E-state index in [2.05, 4.69) is 29.8 Å². The third kappa shape index (κ3) is 11.5. The molecule has 1 aliphatic carbocycles. The number of fused-ring (bicyclic) bond motifs is 1. The number of hydrogen-bond donors (Lipinski definition) is 5. The predicted molar refractivity (Wildman–Crippen MR) is 208 cm³/mol. The van der Waals surface area contributed by atoms with E-state index in [4.69, 9.17) is 9.72 Å². The van der Waals surface area contributed by atoms with Gasteiger partial charge < -0.3 is 35.8 Å². The van der Waals surface area contributed by atoms with Crippen LogP contribution in [0.15, 0.2) is 23.6 Å². The number of likely N-dealkylation sites (N-methyl/N-ethyl adjacent to an activating group) is 1. The molecule has 0 saturated heterocycles. The standard InChI is InChI=1S/C40H63N5O7S/c1-10-16-45(39(49)35(25(8)13-4)44-37(48)34(41-9)24(7)12-3)32(23(5)6)21-33(52-17-11-2)38-43-31(22-53-38)36(47)42-27-18-26-14-15-28(46)20-29(26)30(19-27)40(50)51/h14-15,20,22-25,27,30,32-35,41,46H,10-13,16-19,21H2,1-9H3,(H,42,47)(H,44,48)(H,50,51)/t24-,25-,27?,30+,32+,33+,34+,35-/m0/s1. The summed E-state index contributed by atoms with van der Waals surface area (Å²) in [6.45, 7) is 17.3. The van der Waals surface area contributed by atoms with Gasteiger partial charge in [0.05, 0.1) is 12.0 Å². The highest BCUT2D eigenvalue weighted by molar-refractivity contribution is 7.09. The maximum atomic E-state index is 14.6. The number of carboxylic acids is 1. The molecule has 8 atom stereocenters. The molecule has 0 bridgehead atoms. The fraction of sp³-hybridized carbons (Fsp3) is 0.675. The van der Waals surface area contributed by atoms with Crippen molar-refractivity contribution in [2.45, 2.75) is 137 Å². The lowest BCUT2D eigenvalue weighted by Gasteiger charge is -2.39. The number of aliphatic carboxylic acids is 1. The zero-order valence-electron chi connectivity index (χ0n) is 33.1. The number of thiazole rings is 1. The molecule has 1 aliphatic rings. The Morgan fingerprint density at radius 2 is 1.70 bits per heavy atom. The fourth-order valence-corrected chi connectivity index (χ4v) is 8.03. The number of carbonyl (C=O) groups excluding carboxylic acids is 3. The molecule has 0 saturated carbocycles. The Morgan fingerprint density at radius 1 is 1.02 bits per heavy atom. The van der Waals surface area contributed by atoms with Crippen molar-refractivity contribution in [1.82, 2.24) is 25.8 Å². The van der Waals surface area contributed by atoms with Crippen molar-refractivity contribution in [3.63, 3.8) is 0 Å². The minimum atomic E-state index is -1.01.